The molecule has 0 aliphatic carbocycles. The first-order valence-electron chi connectivity index (χ1n) is 12.2. The van der Waals surface area contributed by atoms with Gasteiger partial charge in [0.2, 0.25) is 5.91 Å². The number of ether oxygens (including phenoxy) is 1. The molecule has 1 aromatic rings. The fraction of sp³-hybridized carbons (Fsp3) is 0.560. The molecule has 3 aliphatic heterocycles. The Hall–Kier alpha value is -3.07. The van der Waals surface area contributed by atoms with Gasteiger partial charge in [-0.3, -0.25) is 9.59 Å². The fourth-order valence-corrected chi connectivity index (χ4v) is 4.76. The van der Waals surface area contributed by atoms with Crippen LogP contribution < -0.4 is 10.7 Å². The Morgan fingerprint density at radius 3 is 2.62 bits per heavy atom. The van der Waals surface area contributed by atoms with Crippen LogP contribution in [0.1, 0.15) is 55.3 Å². The number of nitrogens with one attached hydrogen (secondary N) is 2. The largest absolute Gasteiger partial charge is 0.450 e. The molecule has 2 N–H and O–H groups in total. The van der Waals surface area contributed by atoms with Crippen molar-refractivity contribution in [2.24, 2.45) is 0 Å². The summed E-state index contributed by atoms with van der Waals surface area (Å²) in [5, 5.41) is 4.93. The summed E-state index contributed by atoms with van der Waals surface area (Å²) in [5.41, 5.74) is 7.10. The second kappa shape index (κ2) is 10.5. The molecule has 0 bridgehead atoms. The molecule has 2 unspecified atom stereocenters. The summed E-state index contributed by atoms with van der Waals surface area (Å²) in [5.74, 6) is -0.0624. The molecule has 4 rings (SSSR count). The van der Waals surface area contributed by atoms with Crippen LogP contribution in [0.25, 0.3) is 0 Å². The van der Waals surface area contributed by atoms with E-state index in [2.05, 4.69) is 42.8 Å². The zero-order valence-electron chi connectivity index (χ0n) is 20.3. The number of carbonyl (C=O) groups is 3. The monoisotopic (exact) mass is 469 g/mol. The van der Waals surface area contributed by atoms with Gasteiger partial charge in [-0.05, 0) is 56.7 Å². The van der Waals surface area contributed by atoms with Gasteiger partial charge in [0.25, 0.3) is 5.91 Å². The van der Waals surface area contributed by atoms with E-state index in [1.165, 1.54) is 16.7 Å². The van der Waals surface area contributed by atoms with Crippen molar-refractivity contribution in [3.63, 3.8) is 0 Å². The summed E-state index contributed by atoms with van der Waals surface area (Å²) in [6, 6.07) is 6.27. The van der Waals surface area contributed by atoms with E-state index in [1.54, 1.807) is 22.9 Å². The standard InChI is InChI=1S/C25H35N5O4/c1-4-34-25(33)29-10-7-20(8-11-29)26-23(31)9-12-28-13-14-30-22(24(28)32)16-21(27-30)19-6-5-17(2)18(3)15-19/h5-6,13-15,20-22,27H,4,7-12,16H2,1-3H3,(H,26,31). The Bertz CT molecular complexity index is 957. The second-order valence-corrected chi connectivity index (χ2v) is 9.29. The van der Waals surface area contributed by atoms with E-state index in [0.717, 1.165) is 0 Å². The average molecular weight is 470 g/mol. The van der Waals surface area contributed by atoms with Crippen molar-refractivity contribution in [2.45, 2.75) is 64.6 Å². The third kappa shape index (κ3) is 5.35. The molecular formula is C25H35N5O4. The quantitative estimate of drug-likeness (QED) is 0.664. The van der Waals surface area contributed by atoms with Crippen molar-refractivity contribution < 1.29 is 19.1 Å². The van der Waals surface area contributed by atoms with Gasteiger partial charge in [-0.2, -0.15) is 0 Å². The van der Waals surface area contributed by atoms with Crippen molar-refractivity contribution in [3.8, 4) is 0 Å². The van der Waals surface area contributed by atoms with E-state index < -0.39 is 0 Å². The third-order valence-corrected chi connectivity index (χ3v) is 6.97. The molecule has 184 valence electrons. The molecule has 3 amide bonds. The number of hydrogen-bond acceptors (Lipinski definition) is 6. The van der Waals surface area contributed by atoms with Crippen molar-refractivity contribution in [1.29, 1.82) is 0 Å². The van der Waals surface area contributed by atoms with Gasteiger partial charge in [0.05, 0.1) is 12.6 Å². The molecular weight excluding hydrogens is 434 g/mol. The molecule has 0 saturated carbocycles. The summed E-state index contributed by atoms with van der Waals surface area (Å²) in [4.78, 5) is 40.7. The van der Waals surface area contributed by atoms with Crippen LogP contribution in [0.5, 0.6) is 0 Å². The smallest absolute Gasteiger partial charge is 0.409 e. The van der Waals surface area contributed by atoms with Crippen LogP contribution in [0.2, 0.25) is 0 Å². The predicted molar refractivity (Wildman–Crippen MR) is 127 cm³/mol. The van der Waals surface area contributed by atoms with Crippen LogP contribution in [0.15, 0.2) is 30.6 Å². The number of amides is 3. The van der Waals surface area contributed by atoms with Gasteiger partial charge in [0, 0.05) is 44.5 Å². The summed E-state index contributed by atoms with van der Waals surface area (Å²) in [6.45, 7) is 7.84. The lowest BCUT2D eigenvalue weighted by Gasteiger charge is -2.33. The van der Waals surface area contributed by atoms with Gasteiger partial charge in [0.15, 0.2) is 0 Å². The fourth-order valence-electron chi connectivity index (χ4n) is 4.76. The number of aryl methyl sites for hydroxylation is 2. The highest BCUT2D eigenvalue weighted by atomic mass is 16.6. The molecule has 34 heavy (non-hydrogen) atoms. The molecule has 1 aromatic carbocycles. The number of benzene rings is 1. The third-order valence-electron chi connectivity index (χ3n) is 6.97. The maximum absolute atomic E-state index is 13.1. The number of nitrogens with zero attached hydrogens (tertiary/aromatic N) is 3. The van der Waals surface area contributed by atoms with Gasteiger partial charge in [0.1, 0.15) is 6.04 Å². The van der Waals surface area contributed by atoms with Crippen LogP contribution in [-0.2, 0) is 14.3 Å². The van der Waals surface area contributed by atoms with Gasteiger partial charge in [-0.15, -0.1) is 0 Å². The van der Waals surface area contributed by atoms with E-state index >= 15 is 0 Å². The topological polar surface area (TPSA) is 94.2 Å². The van der Waals surface area contributed by atoms with Gasteiger partial charge < -0.3 is 24.9 Å². The lowest BCUT2D eigenvalue weighted by molar-refractivity contribution is -0.134. The number of piperidine rings is 1. The lowest BCUT2D eigenvalue weighted by atomic mass is 9.97. The molecule has 0 radical (unpaired) electrons. The van der Waals surface area contributed by atoms with Crippen molar-refractivity contribution in [1.82, 2.24) is 25.6 Å². The first-order valence-corrected chi connectivity index (χ1v) is 12.2. The second-order valence-electron chi connectivity index (χ2n) is 9.29. The minimum absolute atomic E-state index is 0.0110. The van der Waals surface area contributed by atoms with E-state index in [1.807, 2.05) is 11.2 Å². The minimum Gasteiger partial charge on any atom is -0.450 e. The summed E-state index contributed by atoms with van der Waals surface area (Å²) < 4.78 is 5.03. The van der Waals surface area contributed by atoms with Crippen molar-refractivity contribution in [3.05, 3.63) is 47.3 Å². The molecule has 2 saturated heterocycles. The van der Waals surface area contributed by atoms with Crippen molar-refractivity contribution >= 4 is 17.9 Å². The Balaban J connectivity index is 1.23. The highest BCUT2D eigenvalue weighted by Gasteiger charge is 2.40. The maximum atomic E-state index is 13.1. The number of hydrogen-bond donors (Lipinski definition) is 2. The predicted octanol–water partition coefficient (Wildman–Crippen LogP) is 2.36. The Kier molecular flexibility index (Phi) is 7.41. The number of rotatable bonds is 6. The van der Waals surface area contributed by atoms with Crippen LogP contribution in [-0.4, -0.2) is 71.0 Å². The molecule has 9 nitrogen and oxygen atoms in total. The highest BCUT2D eigenvalue weighted by Crippen LogP contribution is 2.31. The molecule has 2 atom stereocenters. The molecule has 0 spiro atoms. The number of carbonyl (C=O) groups excluding carboxylic acids is 3. The summed E-state index contributed by atoms with van der Waals surface area (Å²) in [6.07, 6.45) is 5.68. The van der Waals surface area contributed by atoms with Crippen LogP contribution in [0.3, 0.4) is 0 Å². The Morgan fingerprint density at radius 2 is 1.91 bits per heavy atom. The van der Waals surface area contributed by atoms with E-state index in [9.17, 15) is 14.4 Å². The first kappa shape index (κ1) is 24.1. The zero-order chi connectivity index (χ0) is 24.2. The van der Waals surface area contributed by atoms with Gasteiger partial charge >= 0.3 is 6.09 Å². The molecule has 0 aromatic heterocycles. The van der Waals surface area contributed by atoms with E-state index in [-0.39, 0.29) is 42.5 Å². The summed E-state index contributed by atoms with van der Waals surface area (Å²) >= 11 is 0. The van der Waals surface area contributed by atoms with Crippen molar-refractivity contribution in [2.75, 3.05) is 26.2 Å². The first-order chi connectivity index (χ1) is 16.4. The van der Waals surface area contributed by atoms with Crippen LogP contribution in [0.4, 0.5) is 4.79 Å². The minimum atomic E-state index is -0.294. The average Bonchev–Trinajstić information content (AvgIpc) is 3.26. The van der Waals surface area contributed by atoms with Gasteiger partial charge in [-0.1, -0.05) is 18.2 Å². The lowest BCUT2D eigenvalue weighted by Crippen LogP contribution is -2.49. The molecule has 9 heteroatoms. The number of hydrazine groups is 1. The summed E-state index contributed by atoms with van der Waals surface area (Å²) in [7, 11) is 0. The highest BCUT2D eigenvalue weighted by molar-refractivity contribution is 5.85. The van der Waals surface area contributed by atoms with Crippen LogP contribution in [0, 0.1) is 13.8 Å². The zero-order valence-corrected chi connectivity index (χ0v) is 20.3. The van der Waals surface area contributed by atoms with Crippen LogP contribution >= 0.6 is 0 Å². The SMILES string of the molecule is CCOC(=O)N1CCC(NC(=O)CCN2C=CN3NC(c4ccc(C)c(C)c4)CC3C2=O)CC1. The molecule has 2 fully saturated rings. The Labute approximate surface area is 201 Å². The number of fused-ring (bicyclic) bond motifs is 1. The Morgan fingerprint density at radius 1 is 1.15 bits per heavy atom. The number of likely N-dealkylation sites (tertiary alicyclic amines) is 1. The molecule has 3 heterocycles. The van der Waals surface area contributed by atoms with Gasteiger partial charge in [-0.25, -0.2) is 10.2 Å². The van der Waals surface area contributed by atoms with E-state index in [0.29, 0.717) is 45.5 Å². The molecule has 3 aliphatic rings. The normalized spacial score (nSPS) is 22.7. The van der Waals surface area contributed by atoms with E-state index in [4.69, 9.17) is 4.74 Å². The maximum Gasteiger partial charge on any atom is 0.409 e.